The van der Waals surface area contributed by atoms with Gasteiger partial charge in [0.05, 0.1) is 0 Å². The van der Waals surface area contributed by atoms with Crippen LogP contribution in [0.3, 0.4) is 0 Å². The van der Waals surface area contributed by atoms with Gasteiger partial charge in [0.2, 0.25) is 5.91 Å². The van der Waals surface area contributed by atoms with E-state index in [2.05, 4.69) is 31.4 Å². The molecule has 2 N–H and O–H groups in total. The predicted octanol–water partition coefficient (Wildman–Crippen LogP) is 2.46. The Kier molecular flexibility index (Phi) is 4.31. The summed E-state index contributed by atoms with van der Waals surface area (Å²) >= 11 is 0. The summed E-state index contributed by atoms with van der Waals surface area (Å²) in [6, 6.07) is 1.17. The van der Waals surface area contributed by atoms with Crippen LogP contribution in [0.4, 0.5) is 0 Å². The van der Waals surface area contributed by atoms with Crippen molar-refractivity contribution in [2.45, 2.75) is 71.4 Å². The van der Waals surface area contributed by atoms with Gasteiger partial charge in [-0.05, 0) is 43.4 Å². The Morgan fingerprint density at radius 2 is 1.72 bits per heavy atom. The molecular formula is C15H28N2O. The first kappa shape index (κ1) is 13.9. The van der Waals surface area contributed by atoms with Crippen LogP contribution < -0.4 is 10.6 Å². The summed E-state index contributed by atoms with van der Waals surface area (Å²) in [6.45, 7) is 7.91. The van der Waals surface area contributed by atoms with E-state index in [0.29, 0.717) is 23.9 Å². The molecule has 2 fully saturated rings. The number of nitrogens with one attached hydrogen (secondary N) is 2. The quantitative estimate of drug-likeness (QED) is 0.792. The van der Waals surface area contributed by atoms with Crippen LogP contribution in [-0.2, 0) is 4.79 Å². The van der Waals surface area contributed by atoms with Gasteiger partial charge < -0.3 is 10.6 Å². The molecule has 0 aromatic carbocycles. The van der Waals surface area contributed by atoms with Crippen molar-refractivity contribution in [3.8, 4) is 0 Å². The molecule has 2 aliphatic rings. The highest BCUT2D eigenvalue weighted by Crippen LogP contribution is 2.37. The second-order valence-electron chi connectivity index (χ2n) is 7.12. The zero-order valence-electron chi connectivity index (χ0n) is 12.1. The topological polar surface area (TPSA) is 41.1 Å². The van der Waals surface area contributed by atoms with Gasteiger partial charge in [-0.1, -0.05) is 20.8 Å². The molecule has 1 unspecified atom stereocenters. The number of amides is 1. The second-order valence-corrected chi connectivity index (χ2v) is 7.12. The molecular weight excluding hydrogens is 224 g/mol. The van der Waals surface area contributed by atoms with Crippen molar-refractivity contribution >= 4 is 5.91 Å². The Hall–Kier alpha value is -0.570. The lowest BCUT2D eigenvalue weighted by molar-refractivity contribution is -0.122. The van der Waals surface area contributed by atoms with Gasteiger partial charge in [0, 0.05) is 25.0 Å². The molecule has 18 heavy (non-hydrogen) atoms. The monoisotopic (exact) mass is 252 g/mol. The van der Waals surface area contributed by atoms with E-state index in [1.54, 1.807) is 0 Å². The minimum Gasteiger partial charge on any atom is -0.355 e. The largest absolute Gasteiger partial charge is 0.355 e. The molecule has 1 aliphatic carbocycles. The number of rotatable bonds is 2. The molecule has 0 aromatic heterocycles. The highest BCUT2D eigenvalue weighted by atomic mass is 16.1. The van der Waals surface area contributed by atoms with Crippen molar-refractivity contribution in [2.75, 3.05) is 6.54 Å². The van der Waals surface area contributed by atoms with Crippen LogP contribution in [0.2, 0.25) is 0 Å². The maximum atomic E-state index is 11.1. The Bertz CT molecular complexity index is 277. The van der Waals surface area contributed by atoms with Crippen LogP contribution in [0.25, 0.3) is 0 Å². The minimum absolute atomic E-state index is 0.212. The molecule has 3 nitrogen and oxygen atoms in total. The van der Waals surface area contributed by atoms with Crippen LogP contribution in [0.5, 0.6) is 0 Å². The van der Waals surface area contributed by atoms with E-state index in [-0.39, 0.29) is 5.91 Å². The highest BCUT2D eigenvalue weighted by Gasteiger charge is 2.30. The summed E-state index contributed by atoms with van der Waals surface area (Å²) in [7, 11) is 0. The van der Waals surface area contributed by atoms with Gasteiger partial charge in [-0.2, -0.15) is 0 Å². The number of hydrogen-bond acceptors (Lipinski definition) is 2. The number of hydrogen-bond donors (Lipinski definition) is 2. The fraction of sp³-hybridized carbons (Fsp3) is 0.933. The Balaban J connectivity index is 1.72. The fourth-order valence-corrected chi connectivity index (χ4v) is 3.33. The number of piperidine rings is 1. The Morgan fingerprint density at radius 1 is 1.06 bits per heavy atom. The van der Waals surface area contributed by atoms with E-state index < -0.39 is 0 Å². The molecule has 0 aromatic rings. The van der Waals surface area contributed by atoms with Crippen molar-refractivity contribution < 1.29 is 4.79 Å². The average Bonchev–Trinajstić information content (AvgIpc) is 2.32. The summed E-state index contributed by atoms with van der Waals surface area (Å²) in [5.74, 6) is 1.09. The third-order valence-corrected chi connectivity index (χ3v) is 4.69. The number of carbonyl (C=O) groups excluding carboxylic acids is 1. The van der Waals surface area contributed by atoms with Gasteiger partial charge in [-0.15, -0.1) is 0 Å². The van der Waals surface area contributed by atoms with Crippen molar-refractivity contribution in [2.24, 2.45) is 11.3 Å². The molecule has 0 spiro atoms. The second kappa shape index (κ2) is 5.60. The zero-order chi connectivity index (χ0) is 13.2. The fourth-order valence-electron chi connectivity index (χ4n) is 3.33. The van der Waals surface area contributed by atoms with Crippen LogP contribution in [0.15, 0.2) is 0 Å². The maximum Gasteiger partial charge on any atom is 0.220 e. The first-order valence-corrected chi connectivity index (χ1v) is 7.48. The summed E-state index contributed by atoms with van der Waals surface area (Å²) < 4.78 is 0. The summed E-state index contributed by atoms with van der Waals surface area (Å²) in [5, 5.41) is 6.69. The molecule has 0 bridgehead atoms. The maximum absolute atomic E-state index is 11.1. The third kappa shape index (κ3) is 3.71. The Morgan fingerprint density at radius 3 is 2.22 bits per heavy atom. The average molecular weight is 252 g/mol. The molecule has 1 atom stereocenters. The zero-order valence-corrected chi connectivity index (χ0v) is 12.1. The van der Waals surface area contributed by atoms with Crippen LogP contribution in [0.1, 0.15) is 59.3 Å². The van der Waals surface area contributed by atoms with E-state index in [4.69, 9.17) is 0 Å². The van der Waals surface area contributed by atoms with E-state index in [0.717, 1.165) is 18.9 Å². The molecule has 0 radical (unpaired) electrons. The lowest BCUT2D eigenvalue weighted by atomic mass is 9.71. The first-order chi connectivity index (χ1) is 8.45. The van der Waals surface area contributed by atoms with Crippen molar-refractivity contribution in [3.05, 3.63) is 0 Å². The molecule has 1 amide bonds. The minimum atomic E-state index is 0.212. The summed E-state index contributed by atoms with van der Waals surface area (Å²) in [6.07, 6.45) is 6.99. The van der Waals surface area contributed by atoms with Gasteiger partial charge >= 0.3 is 0 Å². The highest BCUT2D eigenvalue weighted by molar-refractivity contribution is 5.76. The van der Waals surface area contributed by atoms with Gasteiger partial charge in [-0.3, -0.25) is 4.79 Å². The van der Waals surface area contributed by atoms with Crippen molar-refractivity contribution in [3.63, 3.8) is 0 Å². The molecule has 1 saturated carbocycles. The van der Waals surface area contributed by atoms with Gasteiger partial charge in [0.25, 0.3) is 0 Å². The first-order valence-electron chi connectivity index (χ1n) is 7.48. The van der Waals surface area contributed by atoms with E-state index in [9.17, 15) is 4.79 Å². The van der Waals surface area contributed by atoms with Gasteiger partial charge in [-0.25, -0.2) is 0 Å². The molecule has 1 saturated heterocycles. The van der Waals surface area contributed by atoms with E-state index >= 15 is 0 Å². The molecule has 1 heterocycles. The summed E-state index contributed by atoms with van der Waals surface area (Å²) in [4.78, 5) is 11.1. The summed E-state index contributed by atoms with van der Waals surface area (Å²) in [5.41, 5.74) is 0.462. The van der Waals surface area contributed by atoms with Crippen molar-refractivity contribution in [1.82, 2.24) is 10.6 Å². The predicted molar refractivity (Wildman–Crippen MR) is 74.4 cm³/mol. The molecule has 2 rings (SSSR count). The number of carbonyl (C=O) groups is 1. The van der Waals surface area contributed by atoms with Crippen LogP contribution in [0, 0.1) is 11.3 Å². The molecule has 104 valence electrons. The molecule has 1 aliphatic heterocycles. The van der Waals surface area contributed by atoms with E-state index in [1.807, 2.05) is 0 Å². The van der Waals surface area contributed by atoms with Crippen LogP contribution >= 0.6 is 0 Å². The Labute approximate surface area is 111 Å². The van der Waals surface area contributed by atoms with E-state index in [1.165, 1.54) is 25.7 Å². The smallest absolute Gasteiger partial charge is 0.220 e. The van der Waals surface area contributed by atoms with Gasteiger partial charge in [0.1, 0.15) is 0 Å². The standard InChI is InChI=1S/C15H28N2O/c1-15(2,3)11-4-6-12(7-5-11)17-13-8-9-14(18)16-10-13/h11-13,17H,4-10H2,1-3H3,(H,16,18). The third-order valence-electron chi connectivity index (χ3n) is 4.69. The van der Waals surface area contributed by atoms with Crippen LogP contribution in [-0.4, -0.2) is 24.5 Å². The normalized spacial score (nSPS) is 34.2. The SMILES string of the molecule is CC(C)(C)C1CCC(NC2CCC(=O)NC2)CC1. The lowest BCUT2D eigenvalue weighted by Crippen LogP contribution is -2.50. The van der Waals surface area contributed by atoms with Gasteiger partial charge in [0.15, 0.2) is 0 Å². The molecule has 3 heteroatoms. The van der Waals surface area contributed by atoms with Crippen molar-refractivity contribution in [1.29, 1.82) is 0 Å². The lowest BCUT2D eigenvalue weighted by Gasteiger charge is -2.38.